The standard InChI is InChI=1S/C16H19BrN4O.ClH/c1-16(10-18)6-7-20(11-16)15(22)12-8-19-21(9-12)14-4-2-13(17)3-5-14;/h2-5,8-9H,6-7,10-11,18H2,1H3;1H. The van der Waals surface area contributed by atoms with E-state index in [4.69, 9.17) is 5.73 Å². The van der Waals surface area contributed by atoms with E-state index in [1.54, 1.807) is 17.1 Å². The highest BCUT2D eigenvalue weighted by Gasteiger charge is 2.35. The van der Waals surface area contributed by atoms with Crippen molar-refractivity contribution in [3.8, 4) is 5.69 Å². The number of hydrogen-bond donors (Lipinski definition) is 1. The molecule has 5 nitrogen and oxygen atoms in total. The predicted molar refractivity (Wildman–Crippen MR) is 96.2 cm³/mol. The van der Waals surface area contributed by atoms with Crippen molar-refractivity contribution < 1.29 is 4.79 Å². The van der Waals surface area contributed by atoms with E-state index in [0.717, 1.165) is 23.1 Å². The molecule has 2 heterocycles. The molecule has 0 saturated carbocycles. The van der Waals surface area contributed by atoms with Crippen molar-refractivity contribution in [3.63, 3.8) is 0 Å². The zero-order valence-corrected chi connectivity index (χ0v) is 15.3. The number of amides is 1. The number of carbonyl (C=O) groups is 1. The molecule has 7 heteroatoms. The Labute approximate surface area is 150 Å². The highest BCUT2D eigenvalue weighted by molar-refractivity contribution is 9.10. The van der Waals surface area contributed by atoms with Gasteiger partial charge in [-0.05, 0) is 42.6 Å². The van der Waals surface area contributed by atoms with Crippen LogP contribution in [-0.2, 0) is 0 Å². The van der Waals surface area contributed by atoms with Crippen LogP contribution in [0, 0.1) is 5.41 Å². The second kappa shape index (κ2) is 7.03. The Kier molecular flexibility index (Phi) is 5.49. The summed E-state index contributed by atoms with van der Waals surface area (Å²) in [5.74, 6) is 0.0283. The third kappa shape index (κ3) is 3.76. The summed E-state index contributed by atoms with van der Waals surface area (Å²) in [6, 6.07) is 7.80. The lowest BCUT2D eigenvalue weighted by atomic mass is 9.90. The van der Waals surface area contributed by atoms with Gasteiger partial charge in [0, 0.05) is 23.8 Å². The maximum absolute atomic E-state index is 12.6. The number of carbonyl (C=O) groups excluding carboxylic acids is 1. The number of nitrogens with two attached hydrogens (primary N) is 1. The molecule has 0 spiro atoms. The van der Waals surface area contributed by atoms with Gasteiger partial charge in [0.2, 0.25) is 0 Å². The monoisotopic (exact) mass is 398 g/mol. The van der Waals surface area contributed by atoms with Crippen molar-refractivity contribution in [3.05, 3.63) is 46.7 Å². The van der Waals surface area contributed by atoms with Gasteiger partial charge < -0.3 is 10.6 Å². The van der Waals surface area contributed by atoms with Gasteiger partial charge in [0.1, 0.15) is 0 Å². The van der Waals surface area contributed by atoms with E-state index < -0.39 is 0 Å². The average Bonchev–Trinajstić information content (AvgIpc) is 3.15. The molecule has 2 aromatic rings. The molecule has 1 amide bonds. The highest BCUT2D eigenvalue weighted by Crippen LogP contribution is 2.29. The van der Waals surface area contributed by atoms with Crippen LogP contribution in [0.25, 0.3) is 5.69 Å². The first-order valence-electron chi connectivity index (χ1n) is 7.31. The first kappa shape index (κ1) is 18.0. The summed E-state index contributed by atoms with van der Waals surface area (Å²) in [5, 5.41) is 4.29. The van der Waals surface area contributed by atoms with Crippen molar-refractivity contribution in [2.45, 2.75) is 13.3 Å². The minimum atomic E-state index is 0. The molecular formula is C16H20BrClN4O. The fourth-order valence-corrected chi connectivity index (χ4v) is 2.98. The van der Waals surface area contributed by atoms with E-state index in [2.05, 4.69) is 28.0 Å². The molecule has 1 saturated heterocycles. The molecule has 1 aliphatic rings. The number of halogens is 2. The van der Waals surface area contributed by atoms with E-state index in [0.29, 0.717) is 18.7 Å². The molecule has 124 valence electrons. The molecule has 0 radical (unpaired) electrons. The fraction of sp³-hybridized carbons (Fsp3) is 0.375. The van der Waals surface area contributed by atoms with Gasteiger partial charge in [-0.2, -0.15) is 5.10 Å². The lowest BCUT2D eigenvalue weighted by Gasteiger charge is -2.22. The minimum absolute atomic E-state index is 0. The summed E-state index contributed by atoms with van der Waals surface area (Å²) in [5.41, 5.74) is 7.38. The van der Waals surface area contributed by atoms with Crippen molar-refractivity contribution >= 4 is 34.2 Å². The van der Waals surface area contributed by atoms with E-state index in [-0.39, 0.29) is 23.7 Å². The summed E-state index contributed by atoms with van der Waals surface area (Å²) >= 11 is 3.41. The maximum atomic E-state index is 12.6. The van der Waals surface area contributed by atoms with Crippen molar-refractivity contribution in [1.29, 1.82) is 0 Å². The van der Waals surface area contributed by atoms with Gasteiger partial charge in [-0.15, -0.1) is 12.4 Å². The first-order chi connectivity index (χ1) is 10.5. The molecule has 1 unspecified atom stereocenters. The Hall–Kier alpha value is -1.37. The topological polar surface area (TPSA) is 64.2 Å². The molecular weight excluding hydrogens is 380 g/mol. The Morgan fingerprint density at radius 2 is 2.09 bits per heavy atom. The lowest BCUT2D eigenvalue weighted by Crippen LogP contribution is -2.34. The number of benzene rings is 1. The van der Waals surface area contributed by atoms with Crippen LogP contribution in [-0.4, -0.2) is 40.2 Å². The molecule has 1 fully saturated rings. The lowest BCUT2D eigenvalue weighted by molar-refractivity contribution is 0.0777. The molecule has 1 aromatic heterocycles. The third-order valence-electron chi connectivity index (χ3n) is 4.26. The van der Waals surface area contributed by atoms with Crippen LogP contribution in [0.4, 0.5) is 0 Å². The number of likely N-dealkylation sites (tertiary alicyclic amines) is 1. The van der Waals surface area contributed by atoms with E-state index in [1.807, 2.05) is 29.2 Å². The van der Waals surface area contributed by atoms with Gasteiger partial charge in [0.05, 0.1) is 17.4 Å². The van der Waals surface area contributed by atoms with Crippen molar-refractivity contribution in [2.75, 3.05) is 19.6 Å². The summed E-state index contributed by atoms with van der Waals surface area (Å²) in [6.45, 7) is 4.21. The molecule has 3 rings (SSSR count). The van der Waals surface area contributed by atoms with Gasteiger partial charge in [-0.3, -0.25) is 4.79 Å². The van der Waals surface area contributed by atoms with Gasteiger partial charge in [-0.25, -0.2) is 4.68 Å². The molecule has 1 aliphatic heterocycles. The van der Waals surface area contributed by atoms with Gasteiger partial charge >= 0.3 is 0 Å². The maximum Gasteiger partial charge on any atom is 0.257 e. The summed E-state index contributed by atoms with van der Waals surface area (Å²) in [7, 11) is 0. The molecule has 2 N–H and O–H groups in total. The van der Waals surface area contributed by atoms with Crippen LogP contribution in [0.1, 0.15) is 23.7 Å². The zero-order chi connectivity index (χ0) is 15.7. The first-order valence-corrected chi connectivity index (χ1v) is 8.10. The van der Waals surface area contributed by atoms with Crippen LogP contribution < -0.4 is 5.73 Å². The van der Waals surface area contributed by atoms with Crippen LogP contribution >= 0.6 is 28.3 Å². The molecule has 0 aliphatic carbocycles. The SMILES string of the molecule is CC1(CN)CCN(C(=O)c2cnn(-c3ccc(Br)cc3)c2)C1.Cl. The number of aromatic nitrogens is 2. The zero-order valence-electron chi connectivity index (χ0n) is 12.9. The quantitative estimate of drug-likeness (QED) is 0.863. The largest absolute Gasteiger partial charge is 0.338 e. The third-order valence-corrected chi connectivity index (χ3v) is 4.79. The van der Waals surface area contributed by atoms with Crippen LogP contribution in [0.15, 0.2) is 41.1 Å². The molecule has 1 aromatic carbocycles. The smallest absolute Gasteiger partial charge is 0.257 e. The van der Waals surface area contributed by atoms with Gasteiger partial charge in [0.25, 0.3) is 5.91 Å². The number of rotatable bonds is 3. The van der Waals surface area contributed by atoms with Crippen LogP contribution in [0.2, 0.25) is 0 Å². The highest BCUT2D eigenvalue weighted by atomic mass is 79.9. The van der Waals surface area contributed by atoms with Gasteiger partial charge in [0.15, 0.2) is 0 Å². The second-order valence-electron chi connectivity index (χ2n) is 6.14. The van der Waals surface area contributed by atoms with Crippen LogP contribution in [0.5, 0.6) is 0 Å². The van der Waals surface area contributed by atoms with E-state index in [9.17, 15) is 4.79 Å². The Bertz CT molecular complexity index is 688. The number of nitrogens with zero attached hydrogens (tertiary/aromatic N) is 3. The predicted octanol–water partition coefficient (Wildman–Crippen LogP) is 2.87. The van der Waals surface area contributed by atoms with Crippen molar-refractivity contribution in [2.24, 2.45) is 11.1 Å². The summed E-state index contributed by atoms with van der Waals surface area (Å²) in [6.07, 6.45) is 4.36. The fourth-order valence-electron chi connectivity index (χ4n) is 2.71. The number of hydrogen-bond acceptors (Lipinski definition) is 3. The molecule has 1 atom stereocenters. The van der Waals surface area contributed by atoms with Gasteiger partial charge in [-0.1, -0.05) is 22.9 Å². The summed E-state index contributed by atoms with van der Waals surface area (Å²) < 4.78 is 2.73. The summed E-state index contributed by atoms with van der Waals surface area (Å²) in [4.78, 5) is 14.4. The Morgan fingerprint density at radius 3 is 2.70 bits per heavy atom. The molecule has 23 heavy (non-hydrogen) atoms. The second-order valence-corrected chi connectivity index (χ2v) is 7.06. The Balaban J connectivity index is 0.00000192. The van der Waals surface area contributed by atoms with Crippen molar-refractivity contribution in [1.82, 2.24) is 14.7 Å². The minimum Gasteiger partial charge on any atom is -0.338 e. The Morgan fingerprint density at radius 1 is 1.39 bits per heavy atom. The van der Waals surface area contributed by atoms with E-state index >= 15 is 0 Å². The molecule has 0 bridgehead atoms. The normalized spacial score (nSPS) is 20.4. The average molecular weight is 400 g/mol. The van der Waals surface area contributed by atoms with E-state index in [1.165, 1.54) is 0 Å². The van der Waals surface area contributed by atoms with Crippen LogP contribution in [0.3, 0.4) is 0 Å².